The molecule has 1 saturated carbocycles. The van der Waals surface area contributed by atoms with Crippen LogP contribution in [0, 0.1) is 0 Å². The molecule has 0 bridgehead atoms. The molecule has 5 rings (SSSR count). The Hall–Kier alpha value is -3.41. The first kappa shape index (κ1) is 18.6. The summed E-state index contributed by atoms with van der Waals surface area (Å²) in [6, 6.07) is 6.18. The van der Waals surface area contributed by atoms with Crippen molar-refractivity contribution in [2.75, 3.05) is 19.0 Å². The molecule has 1 fully saturated rings. The highest BCUT2D eigenvalue weighted by molar-refractivity contribution is 6.00. The molecule has 0 unspecified atom stereocenters. The van der Waals surface area contributed by atoms with Crippen molar-refractivity contribution in [3.63, 3.8) is 0 Å². The number of rotatable bonds is 4. The van der Waals surface area contributed by atoms with Crippen molar-refractivity contribution >= 4 is 28.8 Å². The summed E-state index contributed by atoms with van der Waals surface area (Å²) in [5.74, 6) is 0.277. The number of ether oxygens (including phenoxy) is 1. The third-order valence-electron chi connectivity index (χ3n) is 5.83. The van der Waals surface area contributed by atoms with E-state index in [0.717, 1.165) is 47.3 Å². The van der Waals surface area contributed by atoms with Crippen molar-refractivity contribution in [1.29, 1.82) is 0 Å². The predicted octanol–water partition coefficient (Wildman–Crippen LogP) is 4.19. The Balaban J connectivity index is 1.81. The topological polar surface area (TPSA) is 73.2 Å². The van der Waals surface area contributed by atoms with Crippen molar-refractivity contribution in [2.45, 2.75) is 32.2 Å². The van der Waals surface area contributed by atoms with Gasteiger partial charge in [0.05, 0.1) is 12.1 Å². The van der Waals surface area contributed by atoms with Gasteiger partial charge in [-0.05, 0) is 49.4 Å². The quantitative estimate of drug-likeness (QED) is 0.664. The number of allylic oxidation sites excluding steroid dienone is 1. The summed E-state index contributed by atoms with van der Waals surface area (Å²) in [6.07, 6.45) is 10.7. The van der Waals surface area contributed by atoms with Gasteiger partial charge in [0.1, 0.15) is 11.4 Å². The molecule has 0 atom stereocenters. The van der Waals surface area contributed by atoms with Crippen LogP contribution in [0.25, 0.3) is 28.1 Å². The number of hydrogen-bond donors (Lipinski definition) is 1. The number of carbonyl (C=O) groups excluding carboxylic acids is 1. The second-order valence-electron chi connectivity index (χ2n) is 7.74. The molecule has 1 aromatic carbocycles. The molecule has 30 heavy (non-hydrogen) atoms. The number of benzene rings is 1. The Morgan fingerprint density at radius 3 is 2.87 bits per heavy atom. The van der Waals surface area contributed by atoms with Crippen molar-refractivity contribution in [3.05, 3.63) is 63.6 Å². The molecule has 0 saturated heterocycles. The normalized spacial score (nSPS) is 14.7. The highest BCUT2D eigenvalue weighted by Gasteiger charge is 2.29. The van der Waals surface area contributed by atoms with Gasteiger partial charge in [0, 0.05) is 42.0 Å². The van der Waals surface area contributed by atoms with Crippen LogP contribution in [0.4, 0.5) is 5.82 Å². The van der Waals surface area contributed by atoms with E-state index in [9.17, 15) is 9.59 Å². The fourth-order valence-electron chi connectivity index (χ4n) is 4.22. The Morgan fingerprint density at radius 2 is 2.13 bits per heavy atom. The Bertz CT molecular complexity index is 1270. The summed E-state index contributed by atoms with van der Waals surface area (Å²) in [5.41, 5.74) is 5.03. The number of carbonyl (C=O) groups is 1. The molecule has 0 aliphatic heterocycles. The van der Waals surface area contributed by atoms with Gasteiger partial charge in [0.15, 0.2) is 0 Å². The maximum absolute atomic E-state index is 13.2. The minimum Gasteiger partial charge on any atom is -0.462 e. The lowest BCUT2D eigenvalue weighted by molar-refractivity contribution is 0.0524. The molecular formula is C24H23N3O3. The number of pyridine rings is 2. The second-order valence-corrected chi connectivity index (χ2v) is 7.74. The number of aromatic nitrogens is 2. The summed E-state index contributed by atoms with van der Waals surface area (Å²) in [5, 5.41) is 3.65. The fourth-order valence-corrected chi connectivity index (χ4v) is 4.22. The number of anilines is 1. The lowest BCUT2D eigenvalue weighted by Crippen LogP contribution is -2.21. The molecule has 6 heteroatoms. The molecular weight excluding hydrogens is 378 g/mol. The standard InChI is InChI=1S/C24H23N3O3/c1-3-30-24(29)20-13-27(15-7-8-15)22-17-6-4-5-14-11-21(25-2)26-12-19(14)16(17)9-10-18(22)23(20)28/h4,6,9-13,15H,3,5,7-8H2,1-2H3,(H,25,26). The minimum absolute atomic E-state index is 0.106. The third kappa shape index (κ3) is 2.91. The maximum Gasteiger partial charge on any atom is 0.343 e. The van der Waals surface area contributed by atoms with Gasteiger partial charge >= 0.3 is 5.97 Å². The summed E-state index contributed by atoms with van der Waals surface area (Å²) in [4.78, 5) is 30.1. The molecule has 0 amide bonds. The molecule has 6 nitrogen and oxygen atoms in total. The van der Waals surface area contributed by atoms with E-state index >= 15 is 0 Å². The van der Waals surface area contributed by atoms with E-state index in [2.05, 4.69) is 33.1 Å². The van der Waals surface area contributed by atoms with Gasteiger partial charge in [-0.3, -0.25) is 4.79 Å². The first-order valence-corrected chi connectivity index (χ1v) is 10.3. The van der Waals surface area contributed by atoms with E-state index in [0.29, 0.717) is 11.4 Å². The number of fused-ring (bicyclic) bond motifs is 5. The van der Waals surface area contributed by atoms with Crippen LogP contribution in [0.5, 0.6) is 0 Å². The van der Waals surface area contributed by atoms with E-state index < -0.39 is 5.97 Å². The van der Waals surface area contributed by atoms with Crippen LogP contribution in [0.2, 0.25) is 0 Å². The third-order valence-corrected chi connectivity index (χ3v) is 5.83. The van der Waals surface area contributed by atoms with Gasteiger partial charge in [-0.15, -0.1) is 0 Å². The molecule has 0 radical (unpaired) electrons. The largest absolute Gasteiger partial charge is 0.462 e. The van der Waals surface area contributed by atoms with Gasteiger partial charge in [0.25, 0.3) is 0 Å². The van der Waals surface area contributed by atoms with E-state index in [4.69, 9.17) is 4.74 Å². The van der Waals surface area contributed by atoms with E-state index in [1.54, 1.807) is 13.1 Å². The van der Waals surface area contributed by atoms with Crippen LogP contribution in [0.1, 0.15) is 47.3 Å². The first-order chi connectivity index (χ1) is 14.6. The van der Waals surface area contributed by atoms with Crippen LogP contribution in [-0.2, 0) is 11.2 Å². The molecule has 1 N–H and O–H groups in total. The molecule has 152 valence electrons. The number of hydrogen-bond acceptors (Lipinski definition) is 5. The maximum atomic E-state index is 13.2. The molecule has 2 aromatic heterocycles. The highest BCUT2D eigenvalue weighted by Crippen LogP contribution is 2.41. The first-order valence-electron chi connectivity index (χ1n) is 10.3. The van der Waals surface area contributed by atoms with Gasteiger partial charge in [0.2, 0.25) is 5.43 Å². The molecule has 2 aliphatic rings. The van der Waals surface area contributed by atoms with Crippen molar-refractivity contribution in [2.24, 2.45) is 0 Å². The van der Waals surface area contributed by atoms with Crippen LogP contribution in [0.15, 0.2) is 41.5 Å². The minimum atomic E-state index is -0.557. The smallest absolute Gasteiger partial charge is 0.343 e. The van der Waals surface area contributed by atoms with Gasteiger partial charge in [-0.25, -0.2) is 9.78 Å². The molecule has 0 spiro atoms. The predicted molar refractivity (Wildman–Crippen MR) is 118 cm³/mol. The zero-order valence-corrected chi connectivity index (χ0v) is 17.1. The van der Waals surface area contributed by atoms with Crippen LogP contribution in [0.3, 0.4) is 0 Å². The summed E-state index contributed by atoms with van der Waals surface area (Å²) in [7, 11) is 1.86. The van der Waals surface area contributed by atoms with Gasteiger partial charge in [-0.2, -0.15) is 0 Å². The number of esters is 1. The SMILES string of the molecule is CCOC(=O)c1cn(C2CC2)c2c3c(ccc2c1=O)-c1cnc(NC)cc1CC=C3. The van der Waals surface area contributed by atoms with Gasteiger partial charge < -0.3 is 14.6 Å². The summed E-state index contributed by atoms with van der Waals surface area (Å²) in [6.45, 7) is 1.99. The summed E-state index contributed by atoms with van der Waals surface area (Å²) >= 11 is 0. The highest BCUT2D eigenvalue weighted by atomic mass is 16.5. The van der Waals surface area contributed by atoms with E-state index in [1.165, 1.54) is 5.56 Å². The zero-order valence-electron chi connectivity index (χ0n) is 17.1. The summed E-state index contributed by atoms with van der Waals surface area (Å²) < 4.78 is 7.24. The average Bonchev–Trinajstić information content (AvgIpc) is 3.60. The number of nitrogens with zero attached hydrogens (tertiary/aromatic N) is 2. The number of nitrogens with one attached hydrogen (secondary N) is 1. The van der Waals surface area contributed by atoms with Crippen molar-refractivity contribution in [3.8, 4) is 11.1 Å². The molecule has 2 heterocycles. The Kier molecular flexibility index (Phi) is 4.42. The molecule has 2 aliphatic carbocycles. The van der Waals surface area contributed by atoms with Crippen LogP contribution in [-0.4, -0.2) is 29.2 Å². The van der Waals surface area contributed by atoms with Crippen molar-refractivity contribution in [1.82, 2.24) is 9.55 Å². The van der Waals surface area contributed by atoms with E-state index in [1.807, 2.05) is 25.4 Å². The van der Waals surface area contributed by atoms with E-state index in [-0.39, 0.29) is 17.6 Å². The second kappa shape index (κ2) is 7.13. The Morgan fingerprint density at radius 1 is 1.30 bits per heavy atom. The lowest BCUT2D eigenvalue weighted by atomic mass is 9.95. The van der Waals surface area contributed by atoms with Crippen molar-refractivity contribution < 1.29 is 9.53 Å². The van der Waals surface area contributed by atoms with Crippen LogP contribution < -0.4 is 10.7 Å². The monoisotopic (exact) mass is 401 g/mol. The zero-order chi connectivity index (χ0) is 20.8. The fraction of sp³-hybridized carbons (Fsp3) is 0.292. The molecule has 3 aromatic rings. The van der Waals surface area contributed by atoms with Gasteiger partial charge in [-0.1, -0.05) is 18.2 Å². The average molecular weight is 401 g/mol. The van der Waals surface area contributed by atoms with Crippen LogP contribution >= 0.6 is 0 Å². The lowest BCUT2D eigenvalue weighted by Gasteiger charge is -2.17. The Labute approximate surface area is 174 Å².